The number of nitriles is 1. The van der Waals surface area contributed by atoms with Gasteiger partial charge in [0.2, 0.25) is 5.91 Å². The monoisotopic (exact) mass is 421 g/mol. The molecular formula is C22H23N5O2S. The van der Waals surface area contributed by atoms with Crippen LogP contribution in [0.2, 0.25) is 0 Å². The summed E-state index contributed by atoms with van der Waals surface area (Å²) < 4.78 is 0. The highest BCUT2D eigenvalue weighted by Gasteiger charge is 2.18. The van der Waals surface area contributed by atoms with Crippen LogP contribution in [-0.2, 0) is 11.3 Å². The van der Waals surface area contributed by atoms with Gasteiger partial charge in [-0.25, -0.2) is 9.97 Å². The lowest BCUT2D eigenvalue weighted by Crippen LogP contribution is -2.33. The normalized spacial score (nSPS) is 10.8. The molecule has 0 bridgehead atoms. The van der Waals surface area contributed by atoms with Gasteiger partial charge in [0.05, 0.1) is 28.8 Å². The predicted octanol–water partition coefficient (Wildman–Crippen LogP) is 3.26. The molecule has 0 aliphatic rings. The number of nitrogens with one attached hydrogen (secondary N) is 1. The highest BCUT2D eigenvalue weighted by Crippen LogP contribution is 2.26. The Morgan fingerprint density at radius 3 is 2.63 bits per heavy atom. The Hall–Kier alpha value is -3.18. The van der Waals surface area contributed by atoms with Gasteiger partial charge in [-0.2, -0.15) is 5.26 Å². The first-order valence-corrected chi connectivity index (χ1v) is 10.6. The first kappa shape index (κ1) is 21.5. The number of aromatic amines is 1. The molecule has 2 heterocycles. The van der Waals surface area contributed by atoms with Gasteiger partial charge in [0, 0.05) is 12.2 Å². The summed E-state index contributed by atoms with van der Waals surface area (Å²) >= 11 is 1.26. The van der Waals surface area contributed by atoms with Crippen molar-refractivity contribution in [2.24, 2.45) is 0 Å². The fraction of sp³-hybridized carbons (Fsp3) is 0.318. The van der Waals surface area contributed by atoms with E-state index in [1.54, 1.807) is 23.1 Å². The molecule has 8 heteroatoms. The fourth-order valence-corrected chi connectivity index (χ4v) is 4.12. The van der Waals surface area contributed by atoms with E-state index in [9.17, 15) is 14.9 Å². The molecule has 0 fully saturated rings. The number of H-pyrrole nitrogens is 1. The summed E-state index contributed by atoms with van der Waals surface area (Å²) in [5.74, 6) is 0.478. The maximum absolute atomic E-state index is 12.8. The first-order valence-electron chi connectivity index (χ1n) is 9.62. The van der Waals surface area contributed by atoms with Crippen molar-refractivity contribution >= 4 is 28.6 Å². The minimum absolute atomic E-state index is 0.111. The van der Waals surface area contributed by atoms with Crippen molar-refractivity contribution in [3.63, 3.8) is 0 Å². The van der Waals surface area contributed by atoms with Crippen LogP contribution in [0, 0.1) is 32.1 Å². The summed E-state index contributed by atoms with van der Waals surface area (Å²) in [4.78, 5) is 38.4. The van der Waals surface area contributed by atoms with Crippen molar-refractivity contribution in [1.82, 2.24) is 19.9 Å². The zero-order chi connectivity index (χ0) is 21.8. The van der Waals surface area contributed by atoms with Crippen LogP contribution in [0.1, 0.15) is 35.1 Å². The summed E-state index contributed by atoms with van der Waals surface area (Å²) in [5, 5.41) is 10.6. The fourth-order valence-electron chi connectivity index (χ4n) is 3.14. The number of pyridine rings is 1. The lowest BCUT2D eigenvalue weighted by atomic mass is 10.1. The molecule has 3 aromatic rings. The van der Waals surface area contributed by atoms with Crippen LogP contribution in [0.25, 0.3) is 10.9 Å². The molecule has 0 spiro atoms. The smallest absolute Gasteiger partial charge is 0.258 e. The molecule has 0 radical (unpaired) electrons. The number of thioether (sulfide) groups is 1. The van der Waals surface area contributed by atoms with Crippen LogP contribution in [0.4, 0.5) is 0 Å². The average Bonchev–Trinajstić information content (AvgIpc) is 2.74. The molecule has 154 valence electrons. The zero-order valence-electron chi connectivity index (χ0n) is 17.4. The van der Waals surface area contributed by atoms with Gasteiger partial charge in [-0.3, -0.25) is 9.59 Å². The Labute approximate surface area is 179 Å². The predicted molar refractivity (Wildman–Crippen MR) is 117 cm³/mol. The largest absolute Gasteiger partial charge is 0.335 e. The maximum Gasteiger partial charge on any atom is 0.258 e. The minimum Gasteiger partial charge on any atom is -0.335 e. The molecule has 3 rings (SSSR count). The van der Waals surface area contributed by atoms with Gasteiger partial charge in [-0.1, -0.05) is 23.9 Å². The number of hydrogen-bond donors (Lipinski definition) is 1. The number of amides is 1. The maximum atomic E-state index is 12.8. The molecule has 7 nitrogen and oxygen atoms in total. The second-order valence-electron chi connectivity index (χ2n) is 6.97. The Kier molecular flexibility index (Phi) is 6.53. The van der Waals surface area contributed by atoms with E-state index in [0.717, 1.165) is 16.8 Å². The van der Waals surface area contributed by atoms with Crippen molar-refractivity contribution in [2.45, 2.75) is 39.3 Å². The van der Waals surface area contributed by atoms with Gasteiger partial charge < -0.3 is 9.88 Å². The van der Waals surface area contributed by atoms with Crippen molar-refractivity contribution in [3.8, 4) is 6.07 Å². The van der Waals surface area contributed by atoms with E-state index in [0.29, 0.717) is 33.9 Å². The second-order valence-corrected chi connectivity index (χ2v) is 7.93. The summed E-state index contributed by atoms with van der Waals surface area (Å²) in [6.07, 6.45) is 0. The third-order valence-corrected chi connectivity index (χ3v) is 6.10. The average molecular weight is 422 g/mol. The van der Waals surface area contributed by atoms with Crippen LogP contribution in [0.5, 0.6) is 0 Å². The molecule has 0 aliphatic heterocycles. The van der Waals surface area contributed by atoms with Gasteiger partial charge in [0.15, 0.2) is 0 Å². The third-order valence-electron chi connectivity index (χ3n) is 5.14. The third kappa shape index (κ3) is 4.36. The number of para-hydroxylation sites is 1. The Balaban J connectivity index is 1.77. The van der Waals surface area contributed by atoms with E-state index >= 15 is 0 Å². The van der Waals surface area contributed by atoms with Crippen molar-refractivity contribution in [1.29, 1.82) is 5.26 Å². The van der Waals surface area contributed by atoms with E-state index in [-0.39, 0.29) is 23.8 Å². The molecule has 0 saturated heterocycles. The first-order chi connectivity index (χ1) is 14.3. The molecule has 1 aromatic carbocycles. The van der Waals surface area contributed by atoms with E-state index in [1.807, 2.05) is 33.8 Å². The molecule has 0 atom stereocenters. The van der Waals surface area contributed by atoms with Crippen molar-refractivity contribution in [2.75, 3.05) is 12.3 Å². The van der Waals surface area contributed by atoms with E-state index in [1.165, 1.54) is 11.8 Å². The number of hydrogen-bond acceptors (Lipinski definition) is 6. The van der Waals surface area contributed by atoms with Crippen LogP contribution >= 0.6 is 11.8 Å². The van der Waals surface area contributed by atoms with Gasteiger partial charge in [-0.05, 0) is 51.0 Å². The minimum atomic E-state index is -0.220. The quantitative estimate of drug-likeness (QED) is 0.613. The summed E-state index contributed by atoms with van der Waals surface area (Å²) in [7, 11) is 0. The number of aryl methyl sites for hydroxylation is 1. The number of aromatic nitrogens is 3. The summed E-state index contributed by atoms with van der Waals surface area (Å²) in [6, 6.07) is 9.31. The van der Waals surface area contributed by atoms with Gasteiger partial charge in [-0.15, -0.1) is 0 Å². The standard InChI is InChI=1S/C22H23N5O2S/c1-5-27(11-19-25-18-9-7-6-8-16(18)21(29)26-19)20(28)12-30-22-17(10-23)14(3)13(2)15(4)24-22/h6-9H,5,11-12H2,1-4H3,(H,25,26,29). The van der Waals surface area contributed by atoms with Crippen LogP contribution in [0.3, 0.4) is 0 Å². The van der Waals surface area contributed by atoms with Crippen molar-refractivity contribution < 1.29 is 4.79 Å². The Morgan fingerprint density at radius 2 is 1.93 bits per heavy atom. The zero-order valence-corrected chi connectivity index (χ0v) is 18.3. The van der Waals surface area contributed by atoms with Crippen LogP contribution in [0.15, 0.2) is 34.1 Å². The Morgan fingerprint density at radius 1 is 1.20 bits per heavy atom. The lowest BCUT2D eigenvalue weighted by molar-refractivity contribution is -0.128. The van der Waals surface area contributed by atoms with Crippen LogP contribution in [-0.4, -0.2) is 38.1 Å². The van der Waals surface area contributed by atoms with E-state index < -0.39 is 0 Å². The van der Waals surface area contributed by atoms with Gasteiger partial charge in [0.1, 0.15) is 16.9 Å². The molecule has 0 unspecified atom stereocenters. The summed E-state index contributed by atoms with van der Waals surface area (Å²) in [6.45, 7) is 8.29. The number of rotatable bonds is 6. The molecule has 1 amide bonds. The molecule has 2 aromatic heterocycles. The highest BCUT2D eigenvalue weighted by atomic mass is 32.2. The second kappa shape index (κ2) is 9.09. The molecule has 0 saturated carbocycles. The van der Waals surface area contributed by atoms with Gasteiger partial charge in [0.25, 0.3) is 5.56 Å². The van der Waals surface area contributed by atoms with Gasteiger partial charge >= 0.3 is 0 Å². The number of carbonyl (C=O) groups excluding carboxylic acids is 1. The number of carbonyl (C=O) groups is 1. The molecular weight excluding hydrogens is 398 g/mol. The summed E-state index contributed by atoms with van der Waals surface area (Å²) in [5.41, 5.74) is 3.63. The number of fused-ring (bicyclic) bond motifs is 1. The highest BCUT2D eigenvalue weighted by molar-refractivity contribution is 8.00. The number of nitrogens with zero attached hydrogens (tertiary/aromatic N) is 4. The topological polar surface area (TPSA) is 103 Å². The lowest BCUT2D eigenvalue weighted by Gasteiger charge is -2.20. The van der Waals surface area contributed by atoms with Crippen LogP contribution < -0.4 is 5.56 Å². The SMILES string of the molecule is CCN(Cc1nc2ccccc2c(=O)[nH]1)C(=O)CSc1nc(C)c(C)c(C)c1C#N. The number of benzene rings is 1. The molecule has 0 aliphatic carbocycles. The van der Waals surface area contributed by atoms with E-state index in [2.05, 4.69) is 21.0 Å². The molecule has 30 heavy (non-hydrogen) atoms. The van der Waals surface area contributed by atoms with Crippen molar-refractivity contribution in [3.05, 3.63) is 62.8 Å². The Bertz CT molecular complexity index is 1210. The van der Waals surface area contributed by atoms with E-state index in [4.69, 9.17) is 0 Å². The molecule has 1 N–H and O–H groups in total.